The van der Waals surface area contributed by atoms with Crippen LogP contribution in [0.4, 0.5) is 4.79 Å². The maximum absolute atomic E-state index is 12.1. The summed E-state index contributed by atoms with van der Waals surface area (Å²) in [5.41, 5.74) is 2.32. The molecule has 1 aliphatic rings. The number of urea groups is 1. The van der Waals surface area contributed by atoms with Gasteiger partial charge in [-0.1, -0.05) is 36.4 Å². The summed E-state index contributed by atoms with van der Waals surface area (Å²) in [6.45, 7) is 7.78. The minimum Gasteiger partial charge on any atom is -0.465 e. The molecule has 1 saturated heterocycles. The van der Waals surface area contributed by atoms with E-state index in [1.54, 1.807) is 6.92 Å². The van der Waals surface area contributed by atoms with Crippen molar-refractivity contribution in [1.82, 2.24) is 10.6 Å². The second-order valence-electron chi connectivity index (χ2n) is 4.74. The van der Waals surface area contributed by atoms with Gasteiger partial charge in [0, 0.05) is 5.70 Å². The van der Waals surface area contributed by atoms with Gasteiger partial charge in [0.2, 0.25) is 0 Å². The quantitative estimate of drug-likeness (QED) is 0.829. The highest BCUT2D eigenvalue weighted by molar-refractivity contribution is 5.85. The molecule has 20 heavy (non-hydrogen) atoms. The molecule has 1 aromatic rings. The van der Waals surface area contributed by atoms with Crippen molar-refractivity contribution in [2.24, 2.45) is 5.92 Å². The van der Waals surface area contributed by atoms with Gasteiger partial charge in [-0.2, -0.15) is 0 Å². The molecule has 0 aliphatic carbocycles. The molecular formula is C15H18N2O3. The third kappa shape index (κ3) is 2.82. The molecule has 0 radical (unpaired) electrons. The van der Waals surface area contributed by atoms with Crippen LogP contribution in [0, 0.1) is 12.8 Å². The molecule has 2 N–H and O–H groups in total. The Labute approximate surface area is 118 Å². The monoisotopic (exact) mass is 274 g/mol. The van der Waals surface area contributed by atoms with E-state index in [1.807, 2.05) is 31.2 Å². The number of esters is 1. The number of carbonyl (C=O) groups is 2. The highest BCUT2D eigenvalue weighted by Gasteiger charge is 2.38. The number of benzene rings is 1. The van der Waals surface area contributed by atoms with Crippen LogP contribution in [0.25, 0.3) is 0 Å². The number of amides is 2. The SMILES string of the molecule is C=C1NC(=O)NC(c2ccc(C)cc2)C1C(=O)OCC. The Morgan fingerprint density at radius 2 is 2.00 bits per heavy atom. The van der Waals surface area contributed by atoms with E-state index in [1.165, 1.54) is 0 Å². The molecule has 5 heteroatoms. The van der Waals surface area contributed by atoms with Crippen molar-refractivity contribution in [3.05, 3.63) is 47.7 Å². The predicted octanol–water partition coefficient (Wildman–Crippen LogP) is 2.04. The maximum atomic E-state index is 12.1. The Bertz CT molecular complexity index is 537. The standard InChI is InChI=1S/C15H18N2O3/c1-4-20-14(18)12-10(3)16-15(19)17-13(12)11-7-5-9(2)6-8-11/h5-8,12-13H,3-4H2,1-2H3,(H2,16,17,19). The Morgan fingerprint density at radius 3 is 2.60 bits per heavy atom. The molecule has 1 heterocycles. The number of ether oxygens (including phenoxy) is 1. The van der Waals surface area contributed by atoms with E-state index in [9.17, 15) is 9.59 Å². The molecule has 2 rings (SSSR count). The van der Waals surface area contributed by atoms with Crippen LogP contribution in [-0.4, -0.2) is 18.6 Å². The summed E-state index contributed by atoms with van der Waals surface area (Å²) >= 11 is 0. The number of rotatable bonds is 3. The molecule has 5 nitrogen and oxygen atoms in total. The van der Waals surface area contributed by atoms with Gasteiger partial charge in [-0.15, -0.1) is 0 Å². The molecule has 2 unspecified atom stereocenters. The van der Waals surface area contributed by atoms with Crippen molar-refractivity contribution < 1.29 is 14.3 Å². The summed E-state index contributed by atoms with van der Waals surface area (Å²) in [6, 6.07) is 6.84. The second kappa shape index (κ2) is 5.77. The first-order valence-corrected chi connectivity index (χ1v) is 6.52. The summed E-state index contributed by atoms with van der Waals surface area (Å²) in [6.07, 6.45) is 0. The van der Waals surface area contributed by atoms with E-state index < -0.39 is 17.9 Å². The minimum absolute atomic E-state index is 0.289. The van der Waals surface area contributed by atoms with Crippen molar-refractivity contribution in [1.29, 1.82) is 0 Å². The zero-order valence-electron chi connectivity index (χ0n) is 11.6. The van der Waals surface area contributed by atoms with Gasteiger partial charge in [0.25, 0.3) is 0 Å². The molecule has 2 amide bonds. The van der Waals surface area contributed by atoms with Gasteiger partial charge >= 0.3 is 12.0 Å². The molecule has 2 atom stereocenters. The summed E-state index contributed by atoms with van der Waals surface area (Å²) in [5, 5.41) is 5.29. The van der Waals surface area contributed by atoms with Gasteiger partial charge in [0.1, 0.15) is 5.92 Å². The summed E-state index contributed by atoms with van der Waals surface area (Å²) in [5.74, 6) is -1.02. The molecule has 1 fully saturated rings. The molecule has 0 spiro atoms. The third-order valence-corrected chi connectivity index (χ3v) is 3.25. The Kier molecular flexibility index (Phi) is 4.08. The Balaban J connectivity index is 2.33. The van der Waals surface area contributed by atoms with Crippen LogP contribution < -0.4 is 10.6 Å². The van der Waals surface area contributed by atoms with Gasteiger partial charge in [-0.25, -0.2) is 4.79 Å². The first kappa shape index (κ1) is 14.1. The van der Waals surface area contributed by atoms with E-state index in [4.69, 9.17) is 4.74 Å². The van der Waals surface area contributed by atoms with Crippen molar-refractivity contribution in [3.8, 4) is 0 Å². The van der Waals surface area contributed by atoms with Crippen LogP contribution in [0.15, 0.2) is 36.5 Å². The lowest BCUT2D eigenvalue weighted by molar-refractivity contribution is -0.147. The average molecular weight is 274 g/mol. The topological polar surface area (TPSA) is 67.4 Å². The molecule has 1 aliphatic heterocycles. The highest BCUT2D eigenvalue weighted by Crippen LogP contribution is 2.30. The van der Waals surface area contributed by atoms with Crippen LogP contribution in [0.1, 0.15) is 24.1 Å². The van der Waals surface area contributed by atoms with E-state index in [-0.39, 0.29) is 12.6 Å². The van der Waals surface area contributed by atoms with E-state index in [0.717, 1.165) is 11.1 Å². The number of nitrogens with one attached hydrogen (secondary N) is 2. The van der Waals surface area contributed by atoms with Gasteiger partial charge < -0.3 is 15.4 Å². The van der Waals surface area contributed by atoms with Crippen molar-refractivity contribution in [3.63, 3.8) is 0 Å². The number of hydrogen-bond acceptors (Lipinski definition) is 3. The van der Waals surface area contributed by atoms with Crippen molar-refractivity contribution >= 4 is 12.0 Å². The zero-order valence-corrected chi connectivity index (χ0v) is 11.6. The summed E-state index contributed by atoms with van der Waals surface area (Å²) in [7, 11) is 0. The number of carbonyl (C=O) groups excluding carboxylic acids is 2. The van der Waals surface area contributed by atoms with Crippen molar-refractivity contribution in [2.45, 2.75) is 19.9 Å². The van der Waals surface area contributed by atoms with Gasteiger partial charge in [0.05, 0.1) is 12.6 Å². The highest BCUT2D eigenvalue weighted by atomic mass is 16.5. The van der Waals surface area contributed by atoms with Gasteiger partial charge in [-0.05, 0) is 19.4 Å². The van der Waals surface area contributed by atoms with Gasteiger partial charge in [0.15, 0.2) is 0 Å². The first-order chi connectivity index (χ1) is 9.52. The molecular weight excluding hydrogens is 256 g/mol. The number of aryl methyl sites for hydroxylation is 1. The zero-order chi connectivity index (χ0) is 14.7. The van der Waals surface area contributed by atoms with Crippen LogP contribution in [0.5, 0.6) is 0 Å². The fourth-order valence-corrected chi connectivity index (χ4v) is 2.25. The largest absolute Gasteiger partial charge is 0.465 e. The fourth-order valence-electron chi connectivity index (χ4n) is 2.25. The smallest absolute Gasteiger partial charge is 0.319 e. The maximum Gasteiger partial charge on any atom is 0.319 e. The van der Waals surface area contributed by atoms with Crippen LogP contribution in [0.3, 0.4) is 0 Å². The average Bonchev–Trinajstić information content (AvgIpc) is 2.38. The predicted molar refractivity (Wildman–Crippen MR) is 74.9 cm³/mol. The molecule has 0 aromatic heterocycles. The Hall–Kier alpha value is -2.30. The molecule has 1 aromatic carbocycles. The number of hydrogen-bond donors (Lipinski definition) is 2. The lowest BCUT2D eigenvalue weighted by Crippen LogP contribution is -2.51. The fraction of sp³-hybridized carbons (Fsp3) is 0.333. The summed E-state index contributed by atoms with van der Waals surface area (Å²) in [4.78, 5) is 23.7. The van der Waals surface area contributed by atoms with E-state index >= 15 is 0 Å². The minimum atomic E-state index is -0.629. The lowest BCUT2D eigenvalue weighted by Gasteiger charge is -2.33. The lowest BCUT2D eigenvalue weighted by atomic mass is 9.89. The van der Waals surface area contributed by atoms with Crippen LogP contribution in [-0.2, 0) is 9.53 Å². The van der Waals surface area contributed by atoms with E-state index in [2.05, 4.69) is 17.2 Å². The molecule has 0 saturated carbocycles. The summed E-state index contributed by atoms with van der Waals surface area (Å²) < 4.78 is 5.07. The van der Waals surface area contributed by atoms with Crippen LogP contribution >= 0.6 is 0 Å². The molecule has 0 bridgehead atoms. The normalized spacial score (nSPS) is 21.9. The van der Waals surface area contributed by atoms with Crippen molar-refractivity contribution in [2.75, 3.05) is 6.61 Å². The molecule has 106 valence electrons. The van der Waals surface area contributed by atoms with Gasteiger partial charge in [-0.3, -0.25) is 4.79 Å². The van der Waals surface area contributed by atoms with E-state index in [0.29, 0.717) is 5.70 Å². The van der Waals surface area contributed by atoms with Crippen LogP contribution in [0.2, 0.25) is 0 Å². The first-order valence-electron chi connectivity index (χ1n) is 6.52. The third-order valence-electron chi connectivity index (χ3n) is 3.25. The Morgan fingerprint density at radius 1 is 1.35 bits per heavy atom. The second-order valence-corrected chi connectivity index (χ2v) is 4.74.